The van der Waals surface area contributed by atoms with Gasteiger partial charge in [-0.2, -0.15) is 5.10 Å². The molecule has 2 nitrogen and oxygen atoms in total. The van der Waals surface area contributed by atoms with Crippen molar-refractivity contribution in [1.82, 2.24) is 9.78 Å². The van der Waals surface area contributed by atoms with E-state index in [-0.39, 0.29) is 0 Å². The standard InChI is InChI=1S/C10H10Br2N2/c1-6(2)14-10-4-9(12)8(11)3-7(10)5-13-14/h3-6H,1-2H3. The van der Waals surface area contributed by atoms with Gasteiger partial charge in [0.25, 0.3) is 0 Å². The number of halogens is 2. The van der Waals surface area contributed by atoms with E-state index in [4.69, 9.17) is 0 Å². The van der Waals surface area contributed by atoms with Crippen molar-refractivity contribution in [2.45, 2.75) is 19.9 Å². The highest BCUT2D eigenvalue weighted by molar-refractivity contribution is 9.13. The lowest BCUT2D eigenvalue weighted by molar-refractivity contribution is 0.551. The predicted molar refractivity (Wildman–Crippen MR) is 65.5 cm³/mol. The van der Waals surface area contributed by atoms with Gasteiger partial charge < -0.3 is 0 Å². The lowest BCUT2D eigenvalue weighted by Crippen LogP contribution is -2.01. The molecule has 1 heterocycles. The molecule has 0 saturated carbocycles. The van der Waals surface area contributed by atoms with Crippen LogP contribution < -0.4 is 0 Å². The van der Waals surface area contributed by atoms with Gasteiger partial charge in [-0.05, 0) is 57.8 Å². The first-order valence-corrected chi connectivity index (χ1v) is 6.00. The Kier molecular flexibility index (Phi) is 2.66. The van der Waals surface area contributed by atoms with Crippen molar-refractivity contribution >= 4 is 42.8 Å². The second kappa shape index (κ2) is 3.66. The van der Waals surface area contributed by atoms with Crippen LogP contribution in [0.4, 0.5) is 0 Å². The predicted octanol–water partition coefficient (Wildman–Crippen LogP) is 4.14. The number of fused-ring (bicyclic) bond motifs is 1. The average Bonchev–Trinajstić information content (AvgIpc) is 2.48. The van der Waals surface area contributed by atoms with Crippen LogP contribution in [0, 0.1) is 0 Å². The largest absolute Gasteiger partial charge is 0.262 e. The van der Waals surface area contributed by atoms with Crippen molar-refractivity contribution in [3.05, 3.63) is 27.3 Å². The zero-order valence-electron chi connectivity index (χ0n) is 7.96. The summed E-state index contributed by atoms with van der Waals surface area (Å²) in [5.41, 5.74) is 1.16. The van der Waals surface area contributed by atoms with Crippen LogP contribution in [0.2, 0.25) is 0 Å². The molecular weight excluding hydrogens is 308 g/mol. The molecule has 2 rings (SSSR count). The van der Waals surface area contributed by atoms with Crippen LogP contribution in [0.25, 0.3) is 10.9 Å². The third-order valence-corrected chi connectivity index (χ3v) is 3.97. The maximum Gasteiger partial charge on any atom is 0.0697 e. The van der Waals surface area contributed by atoms with Gasteiger partial charge in [0.1, 0.15) is 0 Å². The molecule has 0 N–H and O–H groups in total. The number of benzene rings is 1. The summed E-state index contributed by atoms with van der Waals surface area (Å²) in [6.07, 6.45) is 1.90. The zero-order chi connectivity index (χ0) is 10.3. The number of hydrogen-bond donors (Lipinski definition) is 0. The van der Waals surface area contributed by atoms with E-state index in [9.17, 15) is 0 Å². The Bertz CT molecular complexity index is 474. The van der Waals surface area contributed by atoms with E-state index in [0.717, 1.165) is 19.8 Å². The van der Waals surface area contributed by atoms with Crippen LogP contribution in [0.1, 0.15) is 19.9 Å². The summed E-state index contributed by atoms with van der Waals surface area (Å²) in [7, 11) is 0. The average molecular weight is 318 g/mol. The molecule has 1 aromatic heterocycles. The molecule has 0 amide bonds. The van der Waals surface area contributed by atoms with E-state index in [2.05, 4.69) is 62.9 Å². The SMILES string of the molecule is CC(C)n1ncc2cc(Br)c(Br)cc21. The summed E-state index contributed by atoms with van der Waals surface area (Å²) >= 11 is 6.97. The fraction of sp³-hybridized carbons (Fsp3) is 0.300. The Balaban J connectivity index is 2.74. The maximum absolute atomic E-state index is 4.35. The molecule has 4 heteroatoms. The van der Waals surface area contributed by atoms with Crippen LogP contribution in [0.15, 0.2) is 27.3 Å². The highest BCUT2D eigenvalue weighted by Gasteiger charge is 2.07. The third-order valence-electron chi connectivity index (χ3n) is 2.13. The van der Waals surface area contributed by atoms with Gasteiger partial charge in [-0.25, -0.2) is 0 Å². The van der Waals surface area contributed by atoms with Crippen molar-refractivity contribution in [2.75, 3.05) is 0 Å². The topological polar surface area (TPSA) is 17.8 Å². The van der Waals surface area contributed by atoms with E-state index in [0.29, 0.717) is 6.04 Å². The number of aromatic nitrogens is 2. The van der Waals surface area contributed by atoms with E-state index in [1.54, 1.807) is 0 Å². The molecule has 0 saturated heterocycles. The fourth-order valence-electron chi connectivity index (χ4n) is 1.45. The van der Waals surface area contributed by atoms with E-state index in [1.165, 1.54) is 0 Å². The van der Waals surface area contributed by atoms with Crippen LogP contribution in [0.3, 0.4) is 0 Å². The van der Waals surface area contributed by atoms with Crippen molar-refractivity contribution < 1.29 is 0 Å². The fourth-order valence-corrected chi connectivity index (χ4v) is 2.14. The zero-order valence-corrected chi connectivity index (χ0v) is 11.1. The summed E-state index contributed by atoms with van der Waals surface area (Å²) < 4.78 is 4.15. The van der Waals surface area contributed by atoms with Gasteiger partial charge >= 0.3 is 0 Å². The van der Waals surface area contributed by atoms with Gasteiger partial charge in [-0.15, -0.1) is 0 Å². The highest BCUT2D eigenvalue weighted by atomic mass is 79.9. The molecule has 0 atom stereocenters. The minimum atomic E-state index is 0.389. The Morgan fingerprint density at radius 2 is 1.86 bits per heavy atom. The monoisotopic (exact) mass is 316 g/mol. The summed E-state index contributed by atoms with van der Waals surface area (Å²) in [6, 6.07) is 4.55. The quantitative estimate of drug-likeness (QED) is 0.773. The highest BCUT2D eigenvalue weighted by Crippen LogP contribution is 2.29. The molecule has 14 heavy (non-hydrogen) atoms. The molecule has 0 fully saturated rings. The molecule has 0 spiro atoms. The second-order valence-electron chi connectivity index (χ2n) is 3.51. The van der Waals surface area contributed by atoms with Gasteiger partial charge in [0, 0.05) is 20.4 Å². The number of hydrogen-bond acceptors (Lipinski definition) is 1. The maximum atomic E-state index is 4.35. The van der Waals surface area contributed by atoms with Crippen molar-refractivity contribution in [2.24, 2.45) is 0 Å². The summed E-state index contributed by atoms with van der Waals surface area (Å²) in [4.78, 5) is 0. The Morgan fingerprint density at radius 1 is 1.21 bits per heavy atom. The number of rotatable bonds is 1. The Labute approximate surface area is 99.6 Å². The lowest BCUT2D eigenvalue weighted by Gasteiger charge is -2.07. The summed E-state index contributed by atoms with van der Waals surface area (Å²) in [5, 5.41) is 5.51. The van der Waals surface area contributed by atoms with Crippen LogP contribution in [-0.2, 0) is 0 Å². The first-order chi connectivity index (χ1) is 6.59. The van der Waals surface area contributed by atoms with Gasteiger partial charge in [0.15, 0.2) is 0 Å². The molecule has 0 unspecified atom stereocenters. The Hall–Kier alpha value is -0.350. The van der Waals surface area contributed by atoms with Crippen molar-refractivity contribution in [3.8, 4) is 0 Å². The molecule has 1 aromatic carbocycles. The van der Waals surface area contributed by atoms with Crippen molar-refractivity contribution in [3.63, 3.8) is 0 Å². The first-order valence-electron chi connectivity index (χ1n) is 4.42. The molecule has 0 radical (unpaired) electrons. The van der Waals surface area contributed by atoms with E-state index < -0.39 is 0 Å². The van der Waals surface area contributed by atoms with Gasteiger partial charge in [-0.1, -0.05) is 0 Å². The van der Waals surface area contributed by atoms with Crippen LogP contribution >= 0.6 is 31.9 Å². The molecule has 2 aromatic rings. The summed E-state index contributed by atoms with van der Waals surface area (Å²) in [6.45, 7) is 4.25. The Morgan fingerprint density at radius 3 is 2.50 bits per heavy atom. The third kappa shape index (κ3) is 1.61. The smallest absolute Gasteiger partial charge is 0.0697 e. The molecule has 0 aliphatic rings. The lowest BCUT2D eigenvalue weighted by atomic mass is 10.2. The van der Waals surface area contributed by atoms with Crippen molar-refractivity contribution in [1.29, 1.82) is 0 Å². The van der Waals surface area contributed by atoms with Gasteiger partial charge in [0.2, 0.25) is 0 Å². The van der Waals surface area contributed by atoms with E-state index in [1.807, 2.05) is 10.9 Å². The molecule has 0 bridgehead atoms. The minimum Gasteiger partial charge on any atom is -0.262 e. The number of nitrogens with zero attached hydrogens (tertiary/aromatic N) is 2. The molecular formula is C10H10Br2N2. The molecule has 0 aliphatic carbocycles. The molecule has 74 valence electrons. The van der Waals surface area contributed by atoms with E-state index >= 15 is 0 Å². The minimum absolute atomic E-state index is 0.389. The van der Waals surface area contributed by atoms with Crippen LogP contribution in [-0.4, -0.2) is 9.78 Å². The van der Waals surface area contributed by atoms with Crippen LogP contribution in [0.5, 0.6) is 0 Å². The normalized spacial score (nSPS) is 11.5. The summed E-state index contributed by atoms with van der Waals surface area (Å²) in [5.74, 6) is 0. The molecule has 0 aliphatic heterocycles. The van der Waals surface area contributed by atoms with Gasteiger partial charge in [-0.3, -0.25) is 4.68 Å². The second-order valence-corrected chi connectivity index (χ2v) is 5.22. The van der Waals surface area contributed by atoms with Gasteiger partial charge in [0.05, 0.1) is 11.7 Å². The first kappa shape index (κ1) is 10.2.